The van der Waals surface area contributed by atoms with Crippen LogP contribution in [0.2, 0.25) is 5.04 Å². The molecule has 1 atom stereocenters. The molecule has 6 rings (SSSR count). The topological polar surface area (TPSA) is 145 Å². The third-order valence-corrected chi connectivity index (χ3v) is 17.3. The summed E-state index contributed by atoms with van der Waals surface area (Å²) in [5.41, 5.74) is 7.34. The van der Waals surface area contributed by atoms with Crippen molar-refractivity contribution in [2.24, 2.45) is 5.92 Å². The number of methoxy groups -OCH3 is 1. The number of ether oxygens (including phenoxy) is 1. The number of aromatic nitrogens is 3. The van der Waals surface area contributed by atoms with Gasteiger partial charge in [-0.05, 0) is 72.0 Å². The number of anilines is 4. The molecule has 2 aliphatic rings. The normalized spacial score (nSPS) is 20.4. The van der Waals surface area contributed by atoms with Gasteiger partial charge in [0.05, 0.1) is 30.9 Å². The Morgan fingerprint density at radius 1 is 0.922 bits per heavy atom. The second-order valence-corrected chi connectivity index (χ2v) is 21.0. The lowest BCUT2D eigenvalue weighted by Crippen LogP contribution is -2.68. The van der Waals surface area contributed by atoms with E-state index in [1.807, 2.05) is 18.2 Å². The van der Waals surface area contributed by atoms with Crippen molar-refractivity contribution < 1.29 is 17.6 Å². The highest BCUT2D eigenvalue weighted by molar-refractivity contribution is 7.89. The molecule has 1 saturated carbocycles. The molecule has 4 aromatic rings. The standard InChI is InChI=1S/C38H51N7O4SSi/c1-38(2,3)51(31-14-7-5-8-15-31,32-16-9-6-10-17-32)49-30-13-12-24-45(26-30)50(46,47)27-28-19-21-29(22-20-28)42-35-33(39)25-41-37(44-35)43-34-18-11-23-40-36(34)48-4/h5-11,14-18,23,25,28-30H,12-13,19-22,24,26-27,39H2,1-4H3,(H2,41,42,43,44). The quantitative estimate of drug-likeness (QED) is 0.159. The van der Waals surface area contributed by atoms with Gasteiger partial charge in [0.25, 0.3) is 8.32 Å². The Balaban J connectivity index is 1.08. The Morgan fingerprint density at radius 2 is 1.59 bits per heavy atom. The number of hydrogen-bond acceptors (Lipinski definition) is 10. The summed E-state index contributed by atoms with van der Waals surface area (Å²) in [7, 11) is -4.72. The van der Waals surface area contributed by atoms with Crippen LogP contribution in [0.3, 0.4) is 0 Å². The van der Waals surface area contributed by atoms with Crippen LogP contribution in [-0.2, 0) is 14.4 Å². The van der Waals surface area contributed by atoms with Crippen LogP contribution in [0.4, 0.5) is 23.1 Å². The first-order chi connectivity index (χ1) is 24.5. The lowest BCUT2D eigenvalue weighted by molar-refractivity contribution is 0.119. The van der Waals surface area contributed by atoms with Gasteiger partial charge in [-0.2, -0.15) is 9.29 Å². The van der Waals surface area contributed by atoms with Crippen LogP contribution in [-0.4, -0.2) is 74.1 Å². The lowest BCUT2D eigenvalue weighted by Gasteiger charge is -2.46. The molecule has 272 valence electrons. The summed E-state index contributed by atoms with van der Waals surface area (Å²) < 4.78 is 42.3. The second kappa shape index (κ2) is 15.7. The Hall–Kier alpha value is -4.04. The van der Waals surface area contributed by atoms with Crippen molar-refractivity contribution in [3.8, 4) is 5.88 Å². The molecule has 2 fully saturated rings. The summed E-state index contributed by atoms with van der Waals surface area (Å²) >= 11 is 0. The monoisotopic (exact) mass is 729 g/mol. The highest BCUT2D eigenvalue weighted by atomic mass is 32.2. The van der Waals surface area contributed by atoms with E-state index in [0.717, 1.165) is 38.5 Å². The number of sulfonamides is 1. The molecule has 4 N–H and O–H groups in total. The molecule has 1 aliphatic heterocycles. The smallest absolute Gasteiger partial charge is 0.261 e. The van der Waals surface area contributed by atoms with E-state index in [1.54, 1.807) is 29.9 Å². The molecule has 11 nitrogen and oxygen atoms in total. The van der Waals surface area contributed by atoms with E-state index >= 15 is 0 Å². The van der Waals surface area contributed by atoms with Crippen LogP contribution in [0, 0.1) is 5.92 Å². The Kier molecular flexibility index (Phi) is 11.3. The number of piperidine rings is 1. The summed E-state index contributed by atoms with van der Waals surface area (Å²) in [4.78, 5) is 13.1. The number of nitrogens with zero attached hydrogens (tertiary/aromatic N) is 4. The van der Waals surface area contributed by atoms with Crippen molar-refractivity contribution in [2.45, 2.75) is 76.5 Å². The zero-order valence-electron chi connectivity index (χ0n) is 30.1. The predicted octanol–water partition coefficient (Wildman–Crippen LogP) is 5.55. The molecule has 3 heterocycles. The number of pyridine rings is 1. The van der Waals surface area contributed by atoms with E-state index < -0.39 is 18.3 Å². The van der Waals surface area contributed by atoms with Crippen LogP contribution >= 0.6 is 0 Å². The molecule has 0 spiro atoms. The molecule has 0 bridgehead atoms. The number of nitrogens with two attached hydrogens (primary N) is 1. The largest absolute Gasteiger partial charge is 0.480 e. The number of hydrogen-bond donors (Lipinski definition) is 3. The number of benzene rings is 2. The fourth-order valence-electron chi connectivity index (χ4n) is 7.60. The molecule has 0 radical (unpaired) electrons. The first-order valence-electron chi connectivity index (χ1n) is 17.9. The minimum absolute atomic E-state index is 0.0871. The molecule has 1 aliphatic carbocycles. The van der Waals surface area contributed by atoms with Crippen molar-refractivity contribution in [1.82, 2.24) is 19.3 Å². The van der Waals surface area contributed by atoms with Gasteiger partial charge in [-0.3, -0.25) is 0 Å². The fourth-order valence-corrected chi connectivity index (χ4v) is 14.2. The fraction of sp³-hybridized carbons (Fsp3) is 0.447. The molecule has 51 heavy (non-hydrogen) atoms. The van der Waals surface area contributed by atoms with Gasteiger partial charge in [0.2, 0.25) is 21.9 Å². The van der Waals surface area contributed by atoms with Gasteiger partial charge >= 0.3 is 0 Å². The summed E-state index contributed by atoms with van der Waals surface area (Å²) in [6.45, 7) is 7.70. The number of nitrogens with one attached hydrogen (secondary N) is 2. The molecule has 13 heteroatoms. The van der Waals surface area contributed by atoms with Crippen molar-refractivity contribution in [1.29, 1.82) is 0 Å². The lowest BCUT2D eigenvalue weighted by atomic mass is 9.87. The molecule has 0 amide bonds. The first-order valence-corrected chi connectivity index (χ1v) is 21.4. The highest BCUT2D eigenvalue weighted by Crippen LogP contribution is 2.39. The molecule has 1 unspecified atom stereocenters. The van der Waals surface area contributed by atoms with Crippen molar-refractivity contribution in [3.05, 3.63) is 85.2 Å². The third-order valence-electron chi connectivity index (χ3n) is 10.2. The second-order valence-electron chi connectivity index (χ2n) is 14.7. The Bertz CT molecular complexity index is 1810. The van der Waals surface area contributed by atoms with Gasteiger partial charge in [-0.1, -0.05) is 81.4 Å². The van der Waals surface area contributed by atoms with E-state index in [4.69, 9.17) is 14.9 Å². The van der Waals surface area contributed by atoms with Crippen molar-refractivity contribution in [3.63, 3.8) is 0 Å². The summed E-state index contributed by atoms with van der Waals surface area (Å²) in [6, 6.07) is 24.9. The molecule has 2 aromatic carbocycles. The van der Waals surface area contributed by atoms with Gasteiger partial charge in [0.15, 0.2) is 5.82 Å². The molecule has 2 aromatic heterocycles. The van der Waals surface area contributed by atoms with Crippen LogP contribution in [0.25, 0.3) is 0 Å². The maximum atomic E-state index is 14.0. The van der Waals surface area contributed by atoms with Gasteiger partial charge < -0.3 is 25.5 Å². The maximum Gasteiger partial charge on any atom is 0.261 e. The zero-order valence-corrected chi connectivity index (χ0v) is 31.9. The summed E-state index contributed by atoms with van der Waals surface area (Å²) in [5.74, 6) is 1.60. The van der Waals surface area contributed by atoms with Gasteiger partial charge in [-0.15, -0.1) is 0 Å². The zero-order chi connectivity index (χ0) is 36.1. The third kappa shape index (κ3) is 8.38. The van der Waals surface area contributed by atoms with Crippen LogP contribution in [0.5, 0.6) is 5.88 Å². The maximum absolute atomic E-state index is 14.0. The SMILES string of the molecule is COc1ncccc1Nc1ncc(N)c(NC2CCC(CS(=O)(=O)N3CCCC(O[Si](c4ccccc4)(c4ccccc4)C(C)(C)C)C3)CC2)n1. The van der Waals surface area contributed by atoms with Crippen molar-refractivity contribution >= 4 is 51.9 Å². The van der Waals surface area contributed by atoms with Crippen LogP contribution in [0.1, 0.15) is 59.3 Å². The van der Waals surface area contributed by atoms with Gasteiger partial charge in [0.1, 0.15) is 5.69 Å². The highest BCUT2D eigenvalue weighted by Gasteiger charge is 2.52. The van der Waals surface area contributed by atoms with Crippen molar-refractivity contribution in [2.75, 3.05) is 42.3 Å². The van der Waals surface area contributed by atoms with Gasteiger partial charge in [-0.25, -0.2) is 18.4 Å². The Labute approximate surface area is 303 Å². The Morgan fingerprint density at radius 3 is 2.22 bits per heavy atom. The first kappa shape index (κ1) is 36.7. The number of nitrogen functional groups attached to an aromatic ring is 1. The minimum Gasteiger partial charge on any atom is -0.480 e. The summed E-state index contributed by atoms with van der Waals surface area (Å²) in [5, 5.41) is 8.87. The summed E-state index contributed by atoms with van der Waals surface area (Å²) in [6.07, 6.45) is 7.91. The minimum atomic E-state index is -3.48. The van der Waals surface area contributed by atoms with E-state index in [2.05, 4.69) is 94.9 Å². The van der Waals surface area contributed by atoms with E-state index in [-0.39, 0.29) is 28.9 Å². The van der Waals surface area contributed by atoms with E-state index in [1.165, 1.54) is 10.4 Å². The average Bonchev–Trinajstić information content (AvgIpc) is 3.13. The van der Waals surface area contributed by atoms with E-state index in [0.29, 0.717) is 42.1 Å². The average molecular weight is 730 g/mol. The van der Waals surface area contributed by atoms with Crippen LogP contribution < -0.4 is 31.5 Å². The molecular weight excluding hydrogens is 679 g/mol. The van der Waals surface area contributed by atoms with Gasteiger partial charge in [0, 0.05) is 25.3 Å². The molecule has 1 saturated heterocycles. The number of rotatable bonds is 12. The van der Waals surface area contributed by atoms with E-state index in [9.17, 15) is 8.42 Å². The molecular formula is C38H51N7O4SSi. The predicted molar refractivity (Wildman–Crippen MR) is 207 cm³/mol. The van der Waals surface area contributed by atoms with Crippen LogP contribution in [0.15, 0.2) is 85.2 Å².